The molecule has 8 nitrogen and oxygen atoms in total. The Kier molecular flexibility index (Phi) is 12.0. The zero-order valence-corrected chi connectivity index (χ0v) is 21.8. The molecule has 1 aliphatic heterocycles. The molecule has 208 valence electrons. The fraction of sp³-hybridized carbons (Fsp3) is 0.615. The molecule has 0 radical (unpaired) electrons. The SMILES string of the molecule is CC/C=C(/O/N=C(\C)c1ccc(OCCCCCCCC)c(C(F)(F)F)c1)[C@@H]1[C@H](O)CCN1/C(N)=N/O. The third-order valence-electron chi connectivity index (χ3n) is 6.21. The zero-order valence-electron chi connectivity index (χ0n) is 21.8. The Hall–Kier alpha value is -2.95. The van der Waals surface area contributed by atoms with Gasteiger partial charge in [-0.3, -0.25) is 0 Å². The minimum atomic E-state index is -4.60. The van der Waals surface area contributed by atoms with Crippen LogP contribution in [0.1, 0.15) is 83.3 Å². The van der Waals surface area contributed by atoms with Gasteiger partial charge in [-0.2, -0.15) is 13.2 Å². The van der Waals surface area contributed by atoms with Gasteiger partial charge in [-0.15, -0.1) is 0 Å². The van der Waals surface area contributed by atoms with Gasteiger partial charge < -0.3 is 30.5 Å². The summed E-state index contributed by atoms with van der Waals surface area (Å²) in [5.74, 6) is -0.138. The number of alkyl halides is 3. The van der Waals surface area contributed by atoms with Gasteiger partial charge in [0.25, 0.3) is 0 Å². The van der Waals surface area contributed by atoms with Crippen LogP contribution in [-0.2, 0) is 11.0 Å². The van der Waals surface area contributed by atoms with Crippen LogP contribution in [0.3, 0.4) is 0 Å². The highest BCUT2D eigenvalue weighted by Gasteiger charge is 2.39. The Bertz CT molecular complexity index is 950. The molecular weight excluding hydrogens is 489 g/mol. The van der Waals surface area contributed by atoms with Gasteiger partial charge in [0.1, 0.15) is 11.8 Å². The molecule has 0 bridgehead atoms. The first-order valence-electron chi connectivity index (χ1n) is 12.8. The second kappa shape index (κ2) is 14.7. The summed E-state index contributed by atoms with van der Waals surface area (Å²) in [6, 6.07) is 3.06. The van der Waals surface area contributed by atoms with Gasteiger partial charge in [-0.1, -0.05) is 56.3 Å². The number of aliphatic hydroxyl groups excluding tert-OH is 1. The largest absolute Gasteiger partial charge is 0.493 e. The first-order valence-corrected chi connectivity index (χ1v) is 12.8. The Morgan fingerprint density at radius 1 is 1.19 bits per heavy atom. The van der Waals surface area contributed by atoms with Crippen molar-refractivity contribution in [1.82, 2.24) is 4.90 Å². The molecule has 0 aromatic heterocycles. The van der Waals surface area contributed by atoms with E-state index in [0.29, 0.717) is 25.8 Å². The average molecular weight is 529 g/mol. The third-order valence-corrected chi connectivity index (χ3v) is 6.21. The molecule has 0 amide bonds. The number of ether oxygens (including phenoxy) is 1. The predicted octanol–water partition coefficient (Wildman–Crippen LogP) is 5.62. The normalized spacial score (nSPS) is 19.4. The molecule has 37 heavy (non-hydrogen) atoms. The van der Waals surface area contributed by atoms with Crippen molar-refractivity contribution in [2.45, 2.75) is 90.5 Å². The summed E-state index contributed by atoms with van der Waals surface area (Å²) in [6.45, 7) is 6.07. The van der Waals surface area contributed by atoms with Crippen molar-refractivity contribution in [3.8, 4) is 5.75 Å². The van der Waals surface area contributed by atoms with Crippen molar-refractivity contribution in [2.75, 3.05) is 13.2 Å². The lowest BCUT2D eigenvalue weighted by Crippen LogP contribution is -2.45. The van der Waals surface area contributed by atoms with Crippen LogP contribution in [0.4, 0.5) is 13.2 Å². The molecule has 2 atom stereocenters. The number of nitrogens with two attached hydrogens (primary N) is 1. The maximum atomic E-state index is 13.8. The molecule has 0 saturated carbocycles. The lowest BCUT2D eigenvalue weighted by atomic mass is 10.1. The van der Waals surface area contributed by atoms with E-state index in [0.717, 1.165) is 38.2 Å². The van der Waals surface area contributed by atoms with E-state index < -0.39 is 23.9 Å². The molecule has 2 rings (SSSR count). The van der Waals surface area contributed by atoms with Crippen molar-refractivity contribution in [2.24, 2.45) is 16.0 Å². The zero-order chi connectivity index (χ0) is 27.4. The number of halogens is 3. The maximum absolute atomic E-state index is 13.8. The fourth-order valence-corrected chi connectivity index (χ4v) is 4.19. The molecule has 1 heterocycles. The highest BCUT2D eigenvalue weighted by atomic mass is 19.4. The van der Waals surface area contributed by atoms with Crippen LogP contribution in [0, 0.1) is 0 Å². The van der Waals surface area contributed by atoms with Crippen molar-refractivity contribution < 1.29 is 33.1 Å². The average Bonchev–Trinajstić information content (AvgIpc) is 3.25. The molecule has 0 unspecified atom stereocenters. The van der Waals surface area contributed by atoms with E-state index in [1.165, 1.54) is 24.0 Å². The number of likely N-dealkylation sites (tertiary alicyclic amines) is 1. The number of hydrogen-bond acceptors (Lipinski definition) is 6. The summed E-state index contributed by atoms with van der Waals surface area (Å²) in [7, 11) is 0. The molecule has 0 spiro atoms. The first-order chi connectivity index (χ1) is 17.6. The van der Waals surface area contributed by atoms with Crippen LogP contribution in [0.5, 0.6) is 5.75 Å². The predicted molar refractivity (Wildman–Crippen MR) is 137 cm³/mol. The number of oxime groups is 2. The number of benzene rings is 1. The second-order valence-electron chi connectivity index (χ2n) is 9.06. The van der Waals surface area contributed by atoms with E-state index in [4.69, 9.17) is 20.5 Å². The fourth-order valence-electron chi connectivity index (χ4n) is 4.19. The van der Waals surface area contributed by atoms with Crippen molar-refractivity contribution >= 4 is 11.7 Å². The van der Waals surface area contributed by atoms with Crippen LogP contribution < -0.4 is 10.5 Å². The molecule has 11 heteroatoms. The smallest absolute Gasteiger partial charge is 0.419 e. The molecule has 0 aliphatic carbocycles. The molecule has 1 aliphatic rings. The van der Waals surface area contributed by atoms with E-state index in [1.807, 2.05) is 6.92 Å². The molecule has 1 saturated heterocycles. The van der Waals surface area contributed by atoms with Crippen LogP contribution >= 0.6 is 0 Å². The number of guanidine groups is 1. The van der Waals surface area contributed by atoms with Gasteiger partial charge in [0, 0.05) is 6.54 Å². The summed E-state index contributed by atoms with van der Waals surface area (Å²) in [6.07, 6.45) is 3.21. The maximum Gasteiger partial charge on any atom is 0.419 e. The quantitative estimate of drug-likeness (QED) is 0.0765. The number of nitrogens with zero attached hydrogens (tertiary/aromatic N) is 3. The highest BCUT2D eigenvalue weighted by Crippen LogP contribution is 2.37. The van der Waals surface area contributed by atoms with Gasteiger partial charge >= 0.3 is 6.18 Å². The summed E-state index contributed by atoms with van der Waals surface area (Å²) in [5.41, 5.74) is 5.28. The number of unbranched alkanes of at least 4 members (excludes halogenated alkanes) is 5. The highest BCUT2D eigenvalue weighted by molar-refractivity contribution is 5.98. The van der Waals surface area contributed by atoms with Crippen molar-refractivity contribution in [3.63, 3.8) is 0 Å². The number of rotatable bonds is 13. The van der Waals surface area contributed by atoms with Gasteiger partial charge in [-0.25, -0.2) is 0 Å². The summed E-state index contributed by atoms with van der Waals surface area (Å²) < 4.78 is 46.8. The molecule has 4 N–H and O–H groups in total. The van der Waals surface area contributed by atoms with E-state index in [1.54, 1.807) is 6.08 Å². The number of allylic oxidation sites excluding steroid dienone is 1. The summed E-state index contributed by atoms with van der Waals surface area (Å²) in [5, 5.41) is 26.5. The first kappa shape index (κ1) is 30.3. The van der Waals surface area contributed by atoms with Gasteiger partial charge in [0.2, 0.25) is 5.96 Å². The Morgan fingerprint density at radius 2 is 1.89 bits per heavy atom. The standard InChI is InChI=1S/C26H39F3N4O4/c1-4-6-7-8-9-10-16-36-22-13-12-19(17-20(22)26(27,28)29)18(3)32-37-23(11-5-2)24-21(34)14-15-33(24)25(30)31-35/h11-13,17,21,24,34-35H,4-10,14-16H2,1-3H3,(H2,30,31)/b23-11+,32-18+/t21-,24+/m1/s1. The van der Waals surface area contributed by atoms with Crippen LogP contribution in [0.25, 0.3) is 0 Å². The lowest BCUT2D eigenvalue weighted by Gasteiger charge is -2.27. The van der Waals surface area contributed by atoms with E-state index >= 15 is 0 Å². The minimum absolute atomic E-state index is 0.181. The molecule has 1 aromatic carbocycles. The Morgan fingerprint density at radius 3 is 2.54 bits per heavy atom. The summed E-state index contributed by atoms with van der Waals surface area (Å²) in [4.78, 5) is 7.08. The van der Waals surface area contributed by atoms with Crippen LogP contribution in [0.15, 0.2) is 40.3 Å². The minimum Gasteiger partial charge on any atom is -0.493 e. The number of aliphatic hydroxyl groups is 1. The van der Waals surface area contributed by atoms with Gasteiger partial charge in [-0.05, 0) is 56.0 Å². The number of hydrogen-bond donors (Lipinski definition) is 3. The Balaban J connectivity index is 2.16. The van der Waals surface area contributed by atoms with Crippen LogP contribution in [0.2, 0.25) is 0 Å². The van der Waals surface area contributed by atoms with Gasteiger partial charge in [0.05, 0.1) is 24.0 Å². The topological polar surface area (TPSA) is 113 Å². The van der Waals surface area contributed by atoms with Crippen molar-refractivity contribution in [3.05, 3.63) is 41.2 Å². The molecule has 1 fully saturated rings. The van der Waals surface area contributed by atoms with E-state index in [2.05, 4.69) is 17.2 Å². The second-order valence-corrected chi connectivity index (χ2v) is 9.06. The third kappa shape index (κ3) is 8.84. The molecular formula is C26H39F3N4O4. The monoisotopic (exact) mass is 528 g/mol. The Labute approximate surface area is 216 Å². The van der Waals surface area contributed by atoms with Gasteiger partial charge in [0.15, 0.2) is 5.76 Å². The summed E-state index contributed by atoms with van der Waals surface area (Å²) >= 11 is 0. The van der Waals surface area contributed by atoms with E-state index in [9.17, 15) is 18.3 Å². The van der Waals surface area contributed by atoms with Crippen LogP contribution in [-0.4, -0.2) is 52.2 Å². The van der Waals surface area contributed by atoms with E-state index in [-0.39, 0.29) is 35.4 Å². The lowest BCUT2D eigenvalue weighted by molar-refractivity contribution is -0.139. The molecule has 1 aromatic rings. The van der Waals surface area contributed by atoms with Crippen molar-refractivity contribution in [1.29, 1.82) is 0 Å².